The molecule has 0 spiro atoms. The number of likely N-dealkylation sites (N-methyl/N-ethyl adjacent to an activating group) is 1. The SMILES string of the molecule is CNC(=O)COc1cccc(NC2CCC(C)CC2)c1. The van der Waals surface area contributed by atoms with Gasteiger partial charge in [-0.05, 0) is 43.7 Å². The third-order valence-corrected chi connectivity index (χ3v) is 3.87. The van der Waals surface area contributed by atoms with Crippen LogP contribution in [-0.2, 0) is 4.79 Å². The van der Waals surface area contributed by atoms with Gasteiger partial charge in [-0.25, -0.2) is 0 Å². The van der Waals surface area contributed by atoms with Crippen LogP contribution in [0.5, 0.6) is 5.75 Å². The summed E-state index contributed by atoms with van der Waals surface area (Å²) in [4.78, 5) is 11.2. The van der Waals surface area contributed by atoms with Crippen molar-refractivity contribution in [2.24, 2.45) is 5.92 Å². The molecule has 0 heterocycles. The molecule has 1 fully saturated rings. The van der Waals surface area contributed by atoms with E-state index in [-0.39, 0.29) is 12.5 Å². The van der Waals surface area contributed by atoms with Crippen LogP contribution in [-0.4, -0.2) is 25.6 Å². The summed E-state index contributed by atoms with van der Waals surface area (Å²) in [6.07, 6.45) is 5.05. The van der Waals surface area contributed by atoms with E-state index in [1.54, 1.807) is 7.05 Å². The van der Waals surface area contributed by atoms with Crippen LogP contribution in [0.3, 0.4) is 0 Å². The second-order valence-electron chi connectivity index (χ2n) is 5.59. The Kier molecular flexibility index (Phi) is 5.27. The molecule has 0 saturated heterocycles. The minimum absolute atomic E-state index is 0.0564. The van der Waals surface area contributed by atoms with Gasteiger partial charge in [0.15, 0.2) is 6.61 Å². The van der Waals surface area contributed by atoms with Crippen LogP contribution >= 0.6 is 0 Å². The fourth-order valence-electron chi connectivity index (χ4n) is 2.54. The van der Waals surface area contributed by atoms with E-state index in [1.807, 2.05) is 24.3 Å². The van der Waals surface area contributed by atoms with Crippen molar-refractivity contribution >= 4 is 11.6 Å². The number of hydrogen-bond donors (Lipinski definition) is 2. The van der Waals surface area contributed by atoms with Gasteiger partial charge in [0.05, 0.1) is 0 Å². The van der Waals surface area contributed by atoms with E-state index in [0.717, 1.165) is 17.4 Å². The molecule has 1 aromatic rings. The Labute approximate surface area is 120 Å². The molecule has 0 radical (unpaired) electrons. The zero-order valence-electron chi connectivity index (χ0n) is 12.3. The van der Waals surface area contributed by atoms with Gasteiger partial charge in [0, 0.05) is 24.8 Å². The van der Waals surface area contributed by atoms with E-state index < -0.39 is 0 Å². The number of anilines is 1. The molecule has 4 heteroatoms. The molecule has 0 aliphatic heterocycles. The van der Waals surface area contributed by atoms with E-state index in [4.69, 9.17) is 4.74 Å². The standard InChI is InChI=1S/C16H24N2O2/c1-12-6-8-13(9-7-12)18-14-4-3-5-15(10-14)20-11-16(19)17-2/h3-5,10,12-13,18H,6-9,11H2,1-2H3,(H,17,19). The van der Waals surface area contributed by atoms with Gasteiger partial charge in [0.2, 0.25) is 0 Å². The van der Waals surface area contributed by atoms with Crippen molar-refractivity contribution in [1.82, 2.24) is 5.32 Å². The number of carbonyl (C=O) groups is 1. The summed E-state index contributed by atoms with van der Waals surface area (Å²) in [5.41, 5.74) is 1.07. The van der Waals surface area contributed by atoms with Crippen LogP contribution in [0.1, 0.15) is 32.6 Å². The maximum atomic E-state index is 11.2. The number of nitrogens with one attached hydrogen (secondary N) is 2. The van der Waals surface area contributed by atoms with Crippen LogP contribution in [0.2, 0.25) is 0 Å². The molecule has 110 valence electrons. The highest BCUT2D eigenvalue weighted by Crippen LogP contribution is 2.27. The molecular weight excluding hydrogens is 252 g/mol. The second-order valence-corrected chi connectivity index (χ2v) is 5.59. The average Bonchev–Trinajstić information content (AvgIpc) is 2.47. The van der Waals surface area contributed by atoms with E-state index in [1.165, 1.54) is 25.7 Å². The predicted molar refractivity (Wildman–Crippen MR) is 81.0 cm³/mol. The average molecular weight is 276 g/mol. The fourth-order valence-corrected chi connectivity index (χ4v) is 2.54. The Bertz CT molecular complexity index is 440. The number of ether oxygens (including phenoxy) is 1. The van der Waals surface area contributed by atoms with E-state index in [2.05, 4.69) is 17.6 Å². The fraction of sp³-hybridized carbons (Fsp3) is 0.562. The lowest BCUT2D eigenvalue weighted by atomic mass is 9.87. The van der Waals surface area contributed by atoms with E-state index in [9.17, 15) is 4.79 Å². The Morgan fingerprint density at radius 2 is 2.05 bits per heavy atom. The molecule has 1 saturated carbocycles. The molecule has 1 amide bonds. The van der Waals surface area contributed by atoms with Crippen LogP contribution in [0.25, 0.3) is 0 Å². The molecule has 0 unspecified atom stereocenters. The number of hydrogen-bond acceptors (Lipinski definition) is 3. The van der Waals surface area contributed by atoms with Crippen molar-refractivity contribution < 1.29 is 9.53 Å². The minimum atomic E-state index is -0.121. The number of carbonyl (C=O) groups excluding carboxylic acids is 1. The second kappa shape index (κ2) is 7.17. The van der Waals surface area contributed by atoms with Crippen LogP contribution in [0.4, 0.5) is 5.69 Å². The summed E-state index contributed by atoms with van der Waals surface area (Å²) in [5, 5.41) is 6.10. The van der Waals surface area contributed by atoms with Crippen LogP contribution < -0.4 is 15.4 Å². The van der Waals surface area contributed by atoms with E-state index >= 15 is 0 Å². The van der Waals surface area contributed by atoms with Crippen molar-refractivity contribution in [1.29, 1.82) is 0 Å². The van der Waals surface area contributed by atoms with Gasteiger partial charge in [0.25, 0.3) is 5.91 Å². The molecule has 1 aliphatic carbocycles. The van der Waals surface area contributed by atoms with Crippen LogP contribution in [0, 0.1) is 5.92 Å². The molecule has 2 rings (SSSR count). The molecule has 2 N–H and O–H groups in total. The smallest absolute Gasteiger partial charge is 0.257 e. The Hall–Kier alpha value is -1.71. The van der Waals surface area contributed by atoms with Crippen molar-refractivity contribution in [3.63, 3.8) is 0 Å². The number of amides is 1. The van der Waals surface area contributed by atoms with E-state index in [0.29, 0.717) is 6.04 Å². The molecule has 20 heavy (non-hydrogen) atoms. The lowest BCUT2D eigenvalue weighted by molar-refractivity contribution is -0.122. The van der Waals surface area contributed by atoms with Gasteiger partial charge in [-0.2, -0.15) is 0 Å². The maximum absolute atomic E-state index is 11.2. The summed E-state index contributed by atoms with van der Waals surface area (Å²) in [7, 11) is 1.60. The van der Waals surface area contributed by atoms with Crippen molar-refractivity contribution in [3.8, 4) is 5.75 Å². The van der Waals surface area contributed by atoms with Gasteiger partial charge in [-0.15, -0.1) is 0 Å². The summed E-state index contributed by atoms with van der Waals surface area (Å²) in [6, 6.07) is 8.39. The van der Waals surface area contributed by atoms with Gasteiger partial charge in [0.1, 0.15) is 5.75 Å². The molecule has 0 bridgehead atoms. The first-order valence-corrected chi connectivity index (χ1v) is 7.37. The molecular formula is C16H24N2O2. The van der Waals surface area contributed by atoms with Gasteiger partial charge >= 0.3 is 0 Å². The van der Waals surface area contributed by atoms with Gasteiger partial charge in [-0.3, -0.25) is 4.79 Å². The summed E-state index contributed by atoms with van der Waals surface area (Å²) < 4.78 is 5.45. The van der Waals surface area contributed by atoms with Crippen LogP contribution in [0.15, 0.2) is 24.3 Å². The molecule has 4 nitrogen and oxygen atoms in total. The third-order valence-electron chi connectivity index (χ3n) is 3.87. The largest absolute Gasteiger partial charge is 0.484 e. The predicted octanol–water partition coefficient (Wildman–Crippen LogP) is 2.80. The number of benzene rings is 1. The highest BCUT2D eigenvalue weighted by Gasteiger charge is 2.17. The highest BCUT2D eigenvalue weighted by molar-refractivity contribution is 5.77. The third kappa shape index (κ3) is 4.44. The Morgan fingerprint density at radius 3 is 2.75 bits per heavy atom. The molecule has 1 aliphatic rings. The first kappa shape index (κ1) is 14.7. The molecule has 0 atom stereocenters. The first-order chi connectivity index (χ1) is 9.67. The normalized spacial score (nSPS) is 22.1. The quantitative estimate of drug-likeness (QED) is 0.869. The summed E-state index contributed by atoms with van der Waals surface area (Å²) in [6.45, 7) is 2.38. The summed E-state index contributed by atoms with van der Waals surface area (Å²) in [5.74, 6) is 1.46. The Morgan fingerprint density at radius 1 is 1.30 bits per heavy atom. The van der Waals surface area contributed by atoms with Crippen molar-refractivity contribution in [2.45, 2.75) is 38.6 Å². The van der Waals surface area contributed by atoms with Crippen molar-refractivity contribution in [3.05, 3.63) is 24.3 Å². The summed E-state index contributed by atoms with van der Waals surface area (Å²) >= 11 is 0. The highest BCUT2D eigenvalue weighted by atomic mass is 16.5. The molecule has 0 aromatic heterocycles. The van der Waals surface area contributed by atoms with Crippen molar-refractivity contribution in [2.75, 3.05) is 19.0 Å². The topological polar surface area (TPSA) is 50.4 Å². The Balaban J connectivity index is 1.87. The van der Waals surface area contributed by atoms with Gasteiger partial charge in [-0.1, -0.05) is 13.0 Å². The molecule has 1 aromatic carbocycles. The lowest BCUT2D eigenvalue weighted by Gasteiger charge is -2.27. The first-order valence-electron chi connectivity index (χ1n) is 7.37. The number of rotatable bonds is 5. The zero-order valence-corrected chi connectivity index (χ0v) is 12.3. The van der Waals surface area contributed by atoms with Gasteiger partial charge < -0.3 is 15.4 Å². The lowest BCUT2D eigenvalue weighted by Crippen LogP contribution is -2.25. The maximum Gasteiger partial charge on any atom is 0.257 e. The minimum Gasteiger partial charge on any atom is -0.484 e. The zero-order chi connectivity index (χ0) is 14.4. The monoisotopic (exact) mass is 276 g/mol.